The van der Waals surface area contributed by atoms with Crippen LogP contribution >= 0.6 is 11.3 Å². The van der Waals surface area contributed by atoms with Gasteiger partial charge in [0.05, 0.1) is 0 Å². The summed E-state index contributed by atoms with van der Waals surface area (Å²) >= 11 is 1.28. The average molecular weight is 430 g/mol. The van der Waals surface area contributed by atoms with Gasteiger partial charge in [-0.2, -0.15) is 0 Å². The summed E-state index contributed by atoms with van der Waals surface area (Å²) in [4.78, 5) is 26.8. The Hall–Kier alpha value is -2.32. The van der Waals surface area contributed by atoms with Gasteiger partial charge in [-0.25, -0.2) is 0 Å². The molecule has 0 spiro atoms. The zero-order chi connectivity index (χ0) is 21.3. The number of nitrogens with zero attached hydrogens (tertiary/aromatic N) is 3. The molecule has 0 radical (unpaired) electrons. The second-order valence-electron chi connectivity index (χ2n) is 7.91. The highest BCUT2D eigenvalue weighted by atomic mass is 32.1. The molecule has 1 aliphatic rings. The van der Waals surface area contributed by atoms with Crippen molar-refractivity contribution >= 4 is 28.8 Å². The number of anilines is 1. The molecular formula is C22H31N5O2S. The van der Waals surface area contributed by atoms with Gasteiger partial charge in [0, 0.05) is 31.1 Å². The number of hydrogen-bond acceptors (Lipinski definition) is 6. The summed E-state index contributed by atoms with van der Waals surface area (Å²) in [5.74, 6) is -0.182. The molecule has 2 heterocycles. The molecule has 3 rings (SSSR count). The summed E-state index contributed by atoms with van der Waals surface area (Å²) in [7, 11) is 0. The molecule has 1 fully saturated rings. The zero-order valence-electron chi connectivity index (χ0n) is 17.8. The number of benzene rings is 1. The minimum atomic E-state index is -0.257. The maximum absolute atomic E-state index is 12.3. The van der Waals surface area contributed by atoms with Crippen LogP contribution in [0.3, 0.4) is 0 Å². The Labute approximate surface area is 182 Å². The van der Waals surface area contributed by atoms with E-state index in [0.29, 0.717) is 30.3 Å². The molecule has 30 heavy (non-hydrogen) atoms. The molecule has 1 saturated heterocycles. The second-order valence-corrected chi connectivity index (χ2v) is 8.97. The third-order valence-electron chi connectivity index (χ3n) is 5.41. The van der Waals surface area contributed by atoms with Crippen LogP contribution in [0, 0.1) is 6.92 Å². The maximum Gasteiger partial charge on any atom is 0.286 e. The number of likely N-dealkylation sites (tertiary alicyclic amines) is 1. The van der Waals surface area contributed by atoms with Crippen LogP contribution in [0.2, 0.25) is 0 Å². The lowest BCUT2D eigenvalue weighted by Gasteiger charge is -2.23. The predicted octanol–water partition coefficient (Wildman–Crippen LogP) is 3.41. The highest BCUT2D eigenvalue weighted by Crippen LogP contribution is 2.16. The molecular weight excluding hydrogens is 398 g/mol. The van der Waals surface area contributed by atoms with Crippen molar-refractivity contribution in [3.05, 3.63) is 39.8 Å². The standard InChI is InChI=1S/C22H31N5O2S/c1-16-8-10-18(11-9-16)24-21(29)22-26-25-20(30-22)7-5-6-19(28)23-13-12-17(2)27-14-3-4-15-27/h8-11,17H,3-7,12-15H2,1-2H3,(H,23,28)(H,24,29)/t17-/m1/s1. The third-order valence-corrected chi connectivity index (χ3v) is 6.40. The number of carbonyl (C=O) groups excluding carboxylic acids is 2. The van der Waals surface area contributed by atoms with Gasteiger partial charge in [-0.3, -0.25) is 9.59 Å². The lowest BCUT2D eigenvalue weighted by Crippen LogP contribution is -2.34. The number of aryl methyl sites for hydroxylation is 2. The first-order chi connectivity index (χ1) is 14.5. The highest BCUT2D eigenvalue weighted by Gasteiger charge is 2.18. The van der Waals surface area contributed by atoms with Gasteiger partial charge in [0.1, 0.15) is 5.01 Å². The van der Waals surface area contributed by atoms with Crippen molar-refractivity contribution in [2.24, 2.45) is 0 Å². The van der Waals surface area contributed by atoms with Gasteiger partial charge in [0.25, 0.3) is 5.91 Å². The van der Waals surface area contributed by atoms with Crippen molar-refractivity contribution in [1.29, 1.82) is 0 Å². The lowest BCUT2D eigenvalue weighted by molar-refractivity contribution is -0.121. The van der Waals surface area contributed by atoms with Gasteiger partial charge in [-0.15, -0.1) is 10.2 Å². The van der Waals surface area contributed by atoms with Gasteiger partial charge < -0.3 is 15.5 Å². The minimum Gasteiger partial charge on any atom is -0.356 e. The van der Waals surface area contributed by atoms with Gasteiger partial charge in [0.15, 0.2) is 0 Å². The number of carbonyl (C=O) groups is 2. The Morgan fingerprint density at radius 3 is 2.63 bits per heavy atom. The Kier molecular flexibility index (Phi) is 8.33. The molecule has 1 aromatic heterocycles. The van der Waals surface area contributed by atoms with Gasteiger partial charge in [0.2, 0.25) is 10.9 Å². The van der Waals surface area contributed by atoms with Crippen molar-refractivity contribution in [3.8, 4) is 0 Å². The molecule has 7 nitrogen and oxygen atoms in total. The van der Waals surface area contributed by atoms with Gasteiger partial charge >= 0.3 is 0 Å². The summed E-state index contributed by atoms with van der Waals surface area (Å²) in [6.45, 7) is 7.32. The van der Waals surface area contributed by atoms with Gasteiger partial charge in [-0.1, -0.05) is 29.0 Å². The first-order valence-electron chi connectivity index (χ1n) is 10.7. The number of amides is 2. The quantitative estimate of drug-likeness (QED) is 0.604. The lowest BCUT2D eigenvalue weighted by atomic mass is 10.2. The summed E-state index contributed by atoms with van der Waals surface area (Å²) in [5.41, 5.74) is 1.87. The maximum atomic E-state index is 12.3. The van der Waals surface area contributed by atoms with E-state index in [1.165, 1.54) is 37.3 Å². The molecule has 0 bridgehead atoms. The Morgan fingerprint density at radius 1 is 1.17 bits per heavy atom. The average Bonchev–Trinajstić information content (AvgIpc) is 3.42. The fraction of sp³-hybridized carbons (Fsp3) is 0.545. The van der Waals surface area contributed by atoms with E-state index in [1.54, 1.807) is 0 Å². The molecule has 2 amide bonds. The van der Waals surface area contributed by atoms with E-state index in [2.05, 4.69) is 32.7 Å². The first kappa shape index (κ1) is 22.4. The van der Waals surface area contributed by atoms with E-state index in [4.69, 9.17) is 0 Å². The molecule has 2 N–H and O–H groups in total. The zero-order valence-corrected chi connectivity index (χ0v) is 18.6. The number of aromatic nitrogens is 2. The van der Waals surface area contributed by atoms with E-state index >= 15 is 0 Å². The smallest absolute Gasteiger partial charge is 0.286 e. The largest absolute Gasteiger partial charge is 0.356 e. The van der Waals surface area contributed by atoms with Crippen LogP contribution in [-0.2, 0) is 11.2 Å². The topological polar surface area (TPSA) is 87.2 Å². The molecule has 162 valence electrons. The normalized spacial score (nSPS) is 15.1. The van der Waals surface area contributed by atoms with Crippen LogP contribution in [0.15, 0.2) is 24.3 Å². The van der Waals surface area contributed by atoms with Crippen molar-refractivity contribution in [2.75, 3.05) is 25.0 Å². The minimum absolute atomic E-state index is 0.0745. The molecule has 1 aromatic carbocycles. The first-order valence-corrected chi connectivity index (χ1v) is 11.5. The van der Waals surface area contributed by atoms with Crippen LogP contribution < -0.4 is 10.6 Å². The summed E-state index contributed by atoms with van der Waals surface area (Å²) in [6.07, 6.45) is 5.37. The van der Waals surface area contributed by atoms with E-state index < -0.39 is 0 Å². The molecule has 0 saturated carbocycles. The summed E-state index contributed by atoms with van der Waals surface area (Å²) < 4.78 is 0. The Balaban J connectivity index is 1.33. The predicted molar refractivity (Wildman–Crippen MR) is 120 cm³/mol. The fourth-order valence-corrected chi connectivity index (χ4v) is 4.32. The van der Waals surface area contributed by atoms with Gasteiger partial charge in [-0.05, 0) is 64.8 Å². The van der Waals surface area contributed by atoms with E-state index in [9.17, 15) is 9.59 Å². The molecule has 0 aliphatic carbocycles. The van der Waals surface area contributed by atoms with Crippen molar-refractivity contribution < 1.29 is 9.59 Å². The number of nitrogens with one attached hydrogen (secondary N) is 2. The van der Waals surface area contributed by atoms with Crippen LogP contribution in [0.5, 0.6) is 0 Å². The third kappa shape index (κ3) is 6.88. The van der Waals surface area contributed by atoms with Crippen LogP contribution in [0.25, 0.3) is 0 Å². The molecule has 8 heteroatoms. The highest BCUT2D eigenvalue weighted by molar-refractivity contribution is 7.13. The fourth-order valence-electron chi connectivity index (χ4n) is 3.54. The monoisotopic (exact) mass is 429 g/mol. The Morgan fingerprint density at radius 2 is 1.90 bits per heavy atom. The Bertz CT molecular complexity index is 830. The van der Waals surface area contributed by atoms with E-state index in [0.717, 1.165) is 29.2 Å². The summed E-state index contributed by atoms with van der Waals surface area (Å²) in [6, 6.07) is 8.14. The van der Waals surface area contributed by atoms with E-state index in [1.807, 2.05) is 31.2 Å². The van der Waals surface area contributed by atoms with Crippen molar-refractivity contribution in [1.82, 2.24) is 20.4 Å². The summed E-state index contributed by atoms with van der Waals surface area (Å²) in [5, 5.41) is 15.0. The van der Waals surface area contributed by atoms with Crippen molar-refractivity contribution in [3.63, 3.8) is 0 Å². The molecule has 0 unspecified atom stereocenters. The van der Waals surface area contributed by atoms with Crippen LogP contribution in [0.1, 0.15) is 59.4 Å². The van der Waals surface area contributed by atoms with Crippen molar-refractivity contribution in [2.45, 2.75) is 58.4 Å². The second kappa shape index (κ2) is 11.2. The number of hydrogen-bond donors (Lipinski definition) is 2. The molecule has 1 aliphatic heterocycles. The molecule has 1 atom stereocenters. The molecule has 2 aromatic rings. The van der Waals surface area contributed by atoms with Crippen LogP contribution in [-0.4, -0.2) is 52.6 Å². The van der Waals surface area contributed by atoms with E-state index in [-0.39, 0.29) is 11.8 Å². The number of rotatable bonds is 10. The van der Waals surface area contributed by atoms with Crippen LogP contribution in [0.4, 0.5) is 5.69 Å². The SMILES string of the molecule is Cc1ccc(NC(=O)c2nnc(CCCC(=O)NCC[C@@H](C)N3CCCC3)s2)cc1.